The smallest absolute Gasteiger partial charge is 0.295 e. The molecule has 0 spiro atoms. The van der Waals surface area contributed by atoms with Crippen LogP contribution in [0, 0.1) is 6.92 Å². The molecule has 1 saturated heterocycles. The molecule has 0 radical (unpaired) electrons. The monoisotopic (exact) mass is 483 g/mol. The Kier molecular flexibility index (Phi) is 6.72. The number of Topliss-reactive ketones (excluding diaryl/α,β-unsaturated/α-hetero) is 1. The fourth-order valence-electron chi connectivity index (χ4n) is 4.52. The molecule has 0 aliphatic carbocycles. The summed E-state index contributed by atoms with van der Waals surface area (Å²) in [5.74, 6) is -1.46. The number of aliphatic hydroxyl groups excluding tert-OH is 1. The molecule has 1 aliphatic heterocycles. The highest BCUT2D eigenvalue weighted by Crippen LogP contribution is 2.41. The van der Waals surface area contributed by atoms with Gasteiger partial charge in [0.05, 0.1) is 11.6 Å². The van der Waals surface area contributed by atoms with E-state index in [0.29, 0.717) is 5.56 Å². The second-order valence-corrected chi connectivity index (χ2v) is 10.6. The number of amides is 1. The Labute approximate surface area is 212 Å². The second kappa shape index (κ2) is 9.61. The van der Waals surface area contributed by atoms with Crippen LogP contribution in [0.4, 0.5) is 5.69 Å². The van der Waals surface area contributed by atoms with E-state index in [2.05, 4.69) is 25.8 Å². The van der Waals surface area contributed by atoms with Crippen LogP contribution in [-0.4, -0.2) is 40.8 Å². The van der Waals surface area contributed by atoms with Crippen LogP contribution < -0.4 is 4.90 Å². The molecule has 6 nitrogen and oxygen atoms in total. The van der Waals surface area contributed by atoms with Crippen molar-refractivity contribution in [1.82, 2.24) is 9.88 Å². The van der Waals surface area contributed by atoms with Crippen molar-refractivity contribution in [3.8, 4) is 0 Å². The maximum atomic E-state index is 13.4. The Hall–Kier alpha value is -3.93. The molecule has 2 aromatic carbocycles. The molecule has 1 N–H and O–H groups in total. The summed E-state index contributed by atoms with van der Waals surface area (Å²) in [6, 6.07) is 16.6. The zero-order valence-electron chi connectivity index (χ0n) is 21.7. The van der Waals surface area contributed by atoms with E-state index in [1.54, 1.807) is 18.5 Å². The number of aryl methyl sites for hydroxylation is 1. The summed E-state index contributed by atoms with van der Waals surface area (Å²) in [4.78, 5) is 34.4. The van der Waals surface area contributed by atoms with Crippen LogP contribution >= 0.6 is 0 Å². The number of aliphatic hydroxyl groups is 1. The Morgan fingerprint density at radius 3 is 2.33 bits per heavy atom. The fourth-order valence-corrected chi connectivity index (χ4v) is 4.52. The van der Waals surface area contributed by atoms with Gasteiger partial charge in [-0.05, 0) is 58.9 Å². The SMILES string of the molecule is Cc1ccc(C(C)(C)C)cc1/C(O)=C1\C(=O)C(=O)N(Cc2cccnc2)C1c1ccc(N(C)C)cc1. The van der Waals surface area contributed by atoms with Gasteiger partial charge in [0.25, 0.3) is 11.7 Å². The summed E-state index contributed by atoms with van der Waals surface area (Å²) in [6.07, 6.45) is 3.35. The first-order valence-corrected chi connectivity index (χ1v) is 12.0. The summed E-state index contributed by atoms with van der Waals surface area (Å²) >= 11 is 0. The van der Waals surface area contributed by atoms with E-state index < -0.39 is 17.7 Å². The van der Waals surface area contributed by atoms with Crippen molar-refractivity contribution in [1.29, 1.82) is 0 Å². The standard InChI is InChI=1S/C30H33N3O3/c1-19-9-12-22(30(2,3)4)16-24(19)27(34)25-26(21-10-13-23(14-11-21)32(5)6)33(29(36)28(25)35)18-20-8-7-15-31-17-20/h7-17,26,34H,18H2,1-6H3/b27-25+. The number of hydrogen-bond donors (Lipinski definition) is 1. The maximum Gasteiger partial charge on any atom is 0.295 e. The molecule has 1 aromatic heterocycles. The van der Waals surface area contributed by atoms with E-state index in [4.69, 9.17) is 0 Å². The summed E-state index contributed by atoms with van der Waals surface area (Å²) in [7, 11) is 3.91. The predicted molar refractivity (Wildman–Crippen MR) is 143 cm³/mol. The zero-order chi connectivity index (χ0) is 26.2. The Bertz CT molecular complexity index is 1320. The third-order valence-corrected chi connectivity index (χ3v) is 6.70. The highest BCUT2D eigenvalue weighted by molar-refractivity contribution is 6.46. The van der Waals surface area contributed by atoms with Gasteiger partial charge in [0.1, 0.15) is 5.76 Å². The lowest BCUT2D eigenvalue weighted by molar-refractivity contribution is -0.140. The van der Waals surface area contributed by atoms with Crippen molar-refractivity contribution < 1.29 is 14.7 Å². The molecule has 3 aromatic rings. The number of aromatic nitrogens is 1. The van der Waals surface area contributed by atoms with Gasteiger partial charge in [0, 0.05) is 44.3 Å². The fraction of sp³-hybridized carbons (Fsp3) is 0.300. The number of likely N-dealkylation sites (tertiary alicyclic amines) is 1. The topological polar surface area (TPSA) is 73.7 Å². The van der Waals surface area contributed by atoms with Crippen molar-refractivity contribution in [2.45, 2.75) is 45.7 Å². The Morgan fingerprint density at radius 2 is 1.75 bits per heavy atom. The molecule has 1 unspecified atom stereocenters. The van der Waals surface area contributed by atoms with E-state index in [0.717, 1.165) is 27.9 Å². The number of benzene rings is 2. The molecular weight excluding hydrogens is 450 g/mol. The first-order valence-electron chi connectivity index (χ1n) is 12.0. The number of pyridine rings is 1. The molecule has 1 aliphatic rings. The number of ketones is 1. The molecule has 1 atom stereocenters. The van der Waals surface area contributed by atoms with Gasteiger partial charge in [-0.1, -0.05) is 51.1 Å². The van der Waals surface area contributed by atoms with Crippen molar-refractivity contribution in [3.63, 3.8) is 0 Å². The quantitative estimate of drug-likeness (QED) is 0.300. The van der Waals surface area contributed by atoms with Gasteiger partial charge in [-0.2, -0.15) is 0 Å². The molecule has 0 saturated carbocycles. The second-order valence-electron chi connectivity index (χ2n) is 10.6. The van der Waals surface area contributed by atoms with Gasteiger partial charge in [-0.3, -0.25) is 14.6 Å². The third-order valence-electron chi connectivity index (χ3n) is 6.70. The van der Waals surface area contributed by atoms with Gasteiger partial charge in [-0.25, -0.2) is 0 Å². The van der Waals surface area contributed by atoms with Crippen LogP contribution in [0.3, 0.4) is 0 Å². The average molecular weight is 484 g/mol. The summed E-state index contributed by atoms with van der Waals surface area (Å²) < 4.78 is 0. The number of rotatable bonds is 5. The molecule has 2 heterocycles. The van der Waals surface area contributed by atoms with Gasteiger partial charge in [0.2, 0.25) is 0 Å². The van der Waals surface area contributed by atoms with Gasteiger partial charge < -0.3 is 14.9 Å². The van der Waals surface area contributed by atoms with Crippen molar-refractivity contribution in [2.75, 3.05) is 19.0 Å². The molecule has 1 amide bonds. The lowest BCUT2D eigenvalue weighted by atomic mass is 9.84. The number of anilines is 1. The van der Waals surface area contributed by atoms with Crippen LogP contribution in [-0.2, 0) is 21.5 Å². The highest BCUT2D eigenvalue weighted by Gasteiger charge is 2.46. The normalized spacial score (nSPS) is 17.5. The van der Waals surface area contributed by atoms with Crippen molar-refractivity contribution in [2.24, 2.45) is 0 Å². The van der Waals surface area contributed by atoms with E-state index in [9.17, 15) is 14.7 Å². The minimum absolute atomic E-state index is 0.107. The van der Waals surface area contributed by atoms with Gasteiger partial charge >= 0.3 is 0 Å². The Morgan fingerprint density at radius 1 is 1.06 bits per heavy atom. The van der Waals surface area contributed by atoms with E-state index in [-0.39, 0.29) is 23.3 Å². The summed E-state index contributed by atoms with van der Waals surface area (Å²) in [5.41, 5.74) is 4.96. The summed E-state index contributed by atoms with van der Waals surface area (Å²) in [6.45, 7) is 8.40. The van der Waals surface area contributed by atoms with Gasteiger partial charge in [-0.15, -0.1) is 0 Å². The molecule has 36 heavy (non-hydrogen) atoms. The molecular formula is C30H33N3O3. The largest absolute Gasteiger partial charge is 0.507 e. The number of carbonyl (C=O) groups excluding carboxylic acids is 2. The lowest BCUT2D eigenvalue weighted by Gasteiger charge is -2.26. The lowest BCUT2D eigenvalue weighted by Crippen LogP contribution is -2.29. The zero-order valence-corrected chi connectivity index (χ0v) is 21.7. The van der Waals surface area contributed by atoms with Crippen LogP contribution in [0.2, 0.25) is 0 Å². The van der Waals surface area contributed by atoms with E-state index in [1.807, 2.05) is 74.4 Å². The molecule has 1 fully saturated rings. The van der Waals surface area contributed by atoms with Crippen LogP contribution in [0.25, 0.3) is 5.76 Å². The van der Waals surface area contributed by atoms with Gasteiger partial charge in [0.15, 0.2) is 0 Å². The first kappa shape index (κ1) is 25.2. The number of hydrogen-bond acceptors (Lipinski definition) is 5. The number of carbonyl (C=O) groups is 2. The first-order chi connectivity index (χ1) is 17.0. The maximum absolute atomic E-state index is 13.4. The molecule has 186 valence electrons. The Balaban J connectivity index is 1.90. The van der Waals surface area contributed by atoms with Crippen molar-refractivity contribution in [3.05, 3.63) is 100 Å². The van der Waals surface area contributed by atoms with E-state index >= 15 is 0 Å². The number of nitrogens with zero attached hydrogens (tertiary/aromatic N) is 3. The third kappa shape index (κ3) is 4.76. The molecule has 0 bridgehead atoms. The van der Waals surface area contributed by atoms with Crippen LogP contribution in [0.1, 0.15) is 54.6 Å². The minimum atomic E-state index is -0.723. The summed E-state index contributed by atoms with van der Waals surface area (Å²) in [5, 5.41) is 11.6. The van der Waals surface area contributed by atoms with Crippen molar-refractivity contribution >= 4 is 23.1 Å². The molecule has 4 rings (SSSR count). The minimum Gasteiger partial charge on any atom is -0.507 e. The van der Waals surface area contributed by atoms with Crippen LogP contribution in [0.5, 0.6) is 0 Å². The average Bonchev–Trinajstić information content (AvgIpc) is 3.09. The predicted octanol–water partition coefficient (Wildman–Crippen LogP) is 5.38. The van der Waals surface area contributed by atoms with E-state index in [1.165, 1.54) is 4.90 Å². The highest BCUT2D eigenvalue weighted by atomic mass is 16.3. The van der Waals surface area contributed by atoms with Crippen LogP contribution in [0.15, 0.2) is 72.6 Å². The molecule has 6 heteroatoms.